The van der Waals surface area contributed by atoms with Crippen LogP contribution in [0.3, 0.4) is 0 Å². The third-order valence-electron chi connectivity index (χ3n) is 5.45. The maximum atomic E-state index is 12.4. The second kappa shape index (κ2) is 5.66. The molecule has 2 aliphatic heterocycles. The predicted octanol–water partition coefficient (Wildman–Crippen LogP) is 3.18. The Labute approximate surface area is 148 Å². The van der Waals surface area contributed by atoms with Crippen LogP contribution >= 0.6 is 0 Å². The van der Waals surface area contributed by atoms with Crippen molar-refractivity contribution in [2.24, 2.45) is 5.92 Å². The summed E-state index contributed by atoms with van der Waals surface area (Å²) in [6, 6.07) is 0. The number of nitrogens with zero attached hydrogens (tertiary/aromatic N) is 3. The average molecular weight is 346 g/mol. The summed E-state index contributed by atoms with van der Waals surface area (Å²) in [5.41, 5.74) is 2.02. The maximum Gasteiger partial charge on any atom is 0.596 e. The van der Waals surface area contributed by atoms with E-state index in [1.807, 2.05) is 33.2 Å². The number of amides is 1. The molecule has 1 fully saturated rings. The number of hydrogen-bond acceptors (Lipinski definition) is 4. The first-order valence-electron chi connectivity index (χ1n) is 9.29. The van der Waals surface area contributed by atoms with Crippen LogP contribution in [0, 0.1) is 12.8 Å². The minimum absolute atomic E-state index is 0.00682. The molecule has 3 aliphatic rings. The molecule has 3 heterocycles. The van der Waals surface area contributed by atoms with Gasteiger partial charge in [-0.05, 0) is 52.5 Å². The zero-order valence-corrected chi connectivity index (χ0v) is 15.6. The Morgan fingerprint density at radius 1 is 1.44 bits per heavy atom. The Kier molecular flexibility index (Phi) is 3.79. The molecule has 0 radical (unpaired) electrons. The molecule has 2 unspecified atom stereocenters. The molecule has 1 spiro atoms. The highest BCUT2D eigenvalue weighted by atomic mass is 16.6. The Bertz CT molecular complexity index is 725. The highest BCUT2D eigenvalue weighted by Crippen LogP contribution is 2.51. The molecule has 25 heavy (non-hydrogen) atoms. The molecule has 1 aromatic heterocycles. The van der Waals surface area contributed by atoms with Gasteiger partial charge >= 0.3 is 6.09 Å². The van der Waals surface area contributed by atoms with Crippen LogP contribution in [0.25, 0.3) is 0 Å². The fourth-order valence-electron chi connectivity index (χ4n) is 3.99. The number of carbonyl (C=O) groups is 1. The third kappa shape index (κ3) is 3.01. The van der Waals surface area contributed by atoms with E-state index in [-0.39, 0.29) is 23.7 Å². The van der Waals surface area contributed by atoms with Gasteiger partial charge in [0.05, 0.1) is 30.0 Å². The Morgan fingerprint density at radius 3 is 2.88 bits per heavy atom. The van der Waals surface area contributed by atoms with E-state index in [4.69, 9.17) is 9.47 Å². The zero-order chi connectivity index (χ0) is 17.8. The lowest BCUT2D eigenvalue weighted by atomic mass is 9.90. The summed E-state index contributed by atoms with van der Waals surface area (Å²) < 4.78 is 15.8. The molecule has 136 valence electrons. The summed E-state index contributed by atoms with van der Waals surface area (Å²) in [7, 11) is 0. The molecule has 0 bridgehead atoms. The minimum atomic E-state index is -0.479. The van der Waals surface area contributed by atoms with E-state index in [0.29, 0.717) is 6.54 Å². The van der Waals surface area contributed by atoms with Crippen LogP contribution in [0.4, 0.5) is 4.79 Å². The number of fused-ring (bicyclic) bond motifs is 2. The molecular formula is C19H28N3O3+. The van der Waals surface area contributed by atoms with Crippen LogP contribution in [0.5, 0.6) is 0 Å². The molecule has 1 amide bonds. The van der Waals surface area contributed by atoms with Gasteiger partial charge in [-0.1, -0.05) is 0 Å². The van der Waals surface area contributed by atoms with Crippen molar-refractivity contribution in [3.05, 3.63) is 17.5 Å². The molecular weight excluding hydrogens is 318 g/mol. The van der Waals surface area contributed by atoms with Gasteiger partial charge in [0.15, 0.2) is 12.8 Å². The van der Waals surface area contributed by atoms with Gasteiger partial charge < -0.3 is 9.47 Å². The summed E-state index contributed by atoms with van der Waals surface area (Å²) in [6.45, 7) is 9.17. The van der Waals surface area contributed by atoms with Gasteiger partial charge in [0, 0.05) is 6.42 Å². The molecule has 1 aliphatic carbocycles. The molecule has 2 atom stereocenters. The molecule has 1 saturated carbocycles. The summed E-state index contributed by atoms with van der Waals surface area (Å²) in [6.07, 6.45) is 7.83. The van der Waals surface area contributed by atoms with E-state index in [0.717, 1.165) is 32.3 Å². The van der Waals surface area contributed by atoms with E-state index >= 15 is 0 Å². The molecule has 4 rings (SSSR count). The second-order valence-electron chi connectivity index (χ2n) is 8.73. The molecule has 1 aromatic rings. The lowest BCUT2D eigenvalue weighted by Gasteiger charge is -2.35. The fraction of sp³-hybridized carbons (Fsp3) is 0.737. The number of carbonyl (C=O) groups excluding carboxylic acids is 1. The largest absolute Gasteiger partial charge is 0.596 e. The molecule has 0 aromatic carbocycles. The van der Waals surface area contributed by atoms with Crippen LogP contribution < -0.4 is 0 Å². The van der Waals surface area contributed by atoms with E-state index in [1.54, 1.807) is 4.58 Å². The number of hydrogen-bond donors (Lipinski definition) is 0. The van der Waals surface area contributed by atoms with Crippen LogP contribution in [-0.4, -0.2) is 45.4 Å². The number of aromatic nitrogens is 2. The van der Waals surface area contributed by atoms with Gasteiger partial charge in [0.25, 0.3) is 0 Å². The number of aryl methyl sites for hydroxylation is 1. The highest BCUT2D eigenvalue weighted by molar-refractivity contribution is 5.66. The van der Waals surface area contributed by atoms with Gasteiger partial charge in [-0.25, -0.2) is 0 Å². The van der Waals surface area contributed by atoms with Crippen molar-refractivity contribution in [2.45, 2.75) is 70.6 Å². The van der Waals surface area contributed by atoms with E-state index in [9.17, 15) is 4.79 Å². The predicted molar refractivity (Wildman–Crippen MR) is 93.0 cm³/mol. The first kappa shape index (κ1) is 16.8. The highest BCUT2D eigenvalue weighted by Gasteiger charge is 2.53. The Hall–Kier alpha value is -1.69. The number of ether oxygens (including phenoxy) is 2. The van der Waals surface area contributed by atoms with Gasteiger partial charge in [-0.15, -0.1) is 4.58 Å². The van der Waals surface area contributed by atoms with E-state index < -0.39 is 5.60 Å². The molecule has 6 nitrogen and oxygen atoms in total. The van der Waals surface area contributed by atoms with Gasteiger partial charge in [-0.2, -0.15) is 9.89 Å². The second-order valence-corrected chi connectivity index (χ2v) is 8.73. The standard InChI is InChI=1S/C19H28N3O3/c1-13-10-20-22-15(13)16(24-12-19(22)7-8-19)14-6-5-9-21(11-14)17(23)25-18(2,3)4/h9-10,14,16H,5-8,11-12H2,1-4H3/q+1. The van der Waals surface area contributed by atoms with Crippen molar-refractivity contribution < 1.29 is 18.8 Å². The van der Waals surface area contributed by atoms with Crippen molar-refractivity contribution in [3.63, 3.8) is 0 Å². The van der Waals surface area contributed by atoms with Crippen molar-refractivity contribution >= 4 is 12.3 Å². The first-order chi connectivity index (χ1) is 11.8. The summed E-state index contributed by atoms with van der Waals surface area (Å²) >= 11 is 0. The van der Waals surface area contributed by atoms with Crippen molar-refractivity contribution in [1.82, 2.24) is 9.78 Å². The topological polar surface area (TPSA) is 56.4 Å². The minimum Gasteiger partial charge on any atom is -0.406 e. The normalized spacial score (nSPS) is 27.6. The van der Waals surface area contributed by atoms with Crippen LogP contribution in [0.15, 0.2) is 6.20 Å². The smallest absolute Gasteiger partial charge is 0.406 e. The molecule has 0 N–H and O–H groups in total. The van der Waals surface area contributed by atoms with Gasteiger partial charge in [0.1, 0.15) is 11.7 Å². The fourth-order valence-corrected chi connectivity index (χ4v) is 3.99. The van der Waals surface area contributed by atoms with Gasteiger partial charge in [0.2, 0.25) is 0 Å². The number of rotatable bonds is 1. The SMILES string of the molecule is Cc1cnn2c1C(C1CCC=[N+](C(=O)OC(C)(C)C)C1)OCC21CC1. The van der Waals surface area contributed by atoms with E-state index in [1.165, 1.54) is 11.3 Å². The van der Waals surface area contributed by atoms with Crippen LogP contribution in [0.2, 0.25) is 0 Å². The Morgan fingerprint density at radius 2 is 2.20 bits per heavy atom. The van der Waals surface area contributed by atoms with Crippen LogP contribution in [0.1, 0.15) is 63.8 Å². The van der Waals surface area contributed by atoms with E-state index in [2.05, 4.69) is 16.7 Å². The lowest BCUT2D eigenvalue weighted by Crippen LogP contribution is -2.42. The quantitative estimate of drug-likeness (QED) is 0.733. The molecule has 6 heteroatoms. The summed E-state index contributed by atoms with van der Waals surface area (Å²) in [5.74, 6) is 0.266. The first-order valence-corrected chi connectivity index (χ1v) is 9.29. The van der Waals surface area contributed by atoms with Crippen LogP contribution in [-0.2, 0) is 15.0 Å². The van der Waals surface area contributed by atoms with Crippen molar-refractivity contribution in [3.8, 4) is 0 Å². The summed E-state index contributed by atoms with van der Waals surface area (Å²) in [4.78, 5) is 12.4. The maximum absolute atomic E-state index is 12.4. The monoisotopic (exact) mass is 346 g/mol. The van der Waals surface area contributed by atoms with Crippen molar-refractivity contribution in [1.29, 1.82) is 0 Å². The average Bonchev–Trinajstić information content (AvgIpc) is 3.21. The molecule has 0 saturated heterocycles. The van der Waals surface area contributed by atoms with Crippen molar-refractivity contribution in [2.75, 3.05) is 13.2 Å². The third-order valence-corrected chi connectivity index (χ3v) is 5.45. The lowest BCUT2D eigenvalue weighted by molar-refractivity contribution is -0.464. The Balaban J connectivity index is 1.54. The zero-order valence-electron chi connectivity index (χ0n) is 15.6. The van der Waals surface area contributed by atoms with Gasteiger partial charge in [-0.3, -0.25) is 4.68 Å². The summed E-state index contributed by atoms with van der Waals surface area (Å²) in [5, 5.41) is 4.64.